The minimum atomic E-state index is -0.948. The van der Waals surface area contributed by atoms with Crippen LogP contribution in [0.25, 0.3) is 16.9 Å². The Bertz CT molecular complexity index is 1490. The van der Waals surface area contributed by atoms with Gasteiger partial charge in [0, 0.05) is 32.1 Å². The van der Waals surface area contributed by atoms with Crippen molar-refractivity contribution in [1.82, 2.24) is 15.1 Å². The summed E-state index contributed by atoms with van der Waals surface area (Å²) in [6.07, 6.45) is 0.695. The van der Waals surface area contributed by atoms with Gasteiger partial charge in [0.25, 0.3) is 5.91 Å². The van der Waals surface area contributed by atoms with Crippen LogP contribution >= 0.6 is 50.7 Å². The molecular weight excluding hydrogens is 613 g/mol. The van der Waals surface area contributed by atoms with Gasteiger partial charge in [0.05, 0.1) is 23.5 Å². The van der Waals surface area contributed by atoms with Crippen LogP contribution in [-0.4, -0.2) is 34.8 Å². The summed E-state index contributed by atoms with van der Waals surface area (Å²) in [5.41, 5.74) is 3.76. The average molecular weight is 636 g/mol. The van der Waals surface area contributed by atoms with Gasteiger partial charge in [-0.1, -0.05) is 81.9 Å². The molecule has 0 aliphatic heterocycles. The van der Waals surface area contributed by atoms with E-state index < -0.39 is 17.9 Å². The molecule has 0 saturated heterocycles. The van der Waals surface area contributed by atoms with E-state index in [0.717, 1.165) is 15.6 Å². The smallest absolute Gasteiger partial charge is 0.328 e. The van der Waals surface area contributed by atoms with Gasteiger partial charge in [-0.3, -0.25) is 4.79 Å². The lowest BCUT2D eigenvalue weighted by Crippen LogP contribution is -2.43. The zero-order valence-electron chi connectivity index (χ0n) is 20.5. The molecular formula is C28H23BrCl3N3O3. The number of amides is 1. The van der Waals surface area contributed by atoms with Gasteiger partial charge in [-0.25, -0.2) is 9.48 Å². The molecule has 196 valence electrons. The van der Waals surface area contributed by atoms with E-state index in [9.17, 15) is 9.59 Å². The van der Waals surface area contributed by atoms with Gasteiger partial charge >= 0.3 is 5.97 Å². The molecule has 1 atom stereocenters. The Labute approximate surface area is 244 Å². The highest BCUT2D eigenvalue weighted by molar-refractivity contribution is 9.10. The fourth-order valence-corrected chi connectivity index (χ4v) is 5.13. The van der Waals surface area contributed by atoms with E-state index >= 15 is 0 Å². The summed E-state index contributed by atoms with van der Waals surface area (Å²) in [5, 5.41) is 8.89. The number of ether oxygens (including phenoxy) is 1. The number of carbonyl (C=O) groups is 2. The lowest BCUT2D eigenvalue weighted by atomic mass is 10.0. The van der Waals surface area contributed by atoms with E-state index in [-0.39, 0.29) is 12.1 Å². The fraction of sp³-hybridized carbons (Fsp3) is 0.179. The molecule has 0 unspecified atom stereocenters. The van der Waals surface area contributed by atoms with Crippen molar-refractivity contribution < 1.29 is 14.3 Å². The number of aromatic nitrogens is 2. The highest BCUT2D eigenvalue weighted by Gasteiger charge is 2.29. The second kappa shape index (κ2) is 12.3. The molecule has 38 heavy (non-hydrogen) atoms. The Hall–Kier alpha value is -2.84. The number of esters is 1. The normalized spacial score (nSPS) is 11.7. The number of methoxy groups -OCH3 is 1. The topological polar surface area (TPSA) is 73.2 Å². The van der Waals surface area contributed by atoms with Crippen molar-refractivity contribution in [2.45, 2.75) is 25.8 Å². The van der Waals surface area contributed by atoms with Crippen molar-refractivity contribution in [1.29, 1.82) is 0 Å². The molecule has 6 nitrogen and oxygen atoms in total. The highest BCUT2D eigenvalue weighted by atomic mass is 79.9. The number of nitrogens with one attached hydrogen (secondary N) is 1. The fourth-order valence-electron chi connectivity index (χ4n) is 4.16. The summed E-state index contributed by atoms with van der Waals surface area (Å²) < 4.78 is 7.52. The second-order valence-electron chi connectivity index (χ2n) is 8.43. The van der Waals surface area contributed by atoms with Crippen molar-refractivity contribution in [3.63, 3.8) is 0 Å². The number of carbonyl (C=O) groups excluding carboxylic acids is 2. The number of benzene rings is 3. The second-order valence-corrected chi connectivity index (χ2v) is 10.6. The summed E-state index contributed by atoms with van der Waals surface area (Å²) >= 11 is 22.3. The zero-order valence-corrected chi connectivity index (χ0v) is 24.3. The van der Waals surface area contributed by atoms with Crippen LogP contribution in [0.15, 0.2) is 71.2 Å². The quantitative estimate of drug-likeness (QED) is 0.206. The summed E-state index contributed by atoms with van der Waals surface area (Å²) in [6, 6.07) is 18.9. The van der Waals surface area contributed by atoms with Crippen molar-refractivity contribution in [2.24, 2.45) is 0 Å². The van der Waals surface area contributed by atoms with E-state index in [2.05, 4.69) is 21.2 Å². The minimum absolute atomic E-state index is 0.177. The first-order chi connectivity index (χ1) is 18.2. The van der Waals surface area contributed by atoms with Crippen LogP contribution < -0.4 is 5.32 Å². The lowest BCUT2D eigenvalue weighted by Gasteiger charge is -2.16. The van der Waals surface area contributed by atoms with Crippen LogP contribution in [0.2, 0.25) is 15.1 Å². The number of halogens is 4. The van der Waals surface area contributed by atoms with E-state index in [0.29, 0.717) is 38.4 Å². The maximum Gasteiger partial charge on any atom is 0.328 e. The molecule has 0 spiro atoms. The molecule has 0 aliphatic carbocycles. The predicted molar refractivity (Wildman–Crippen MR) is 155 cm³/mol. The molecule has 1 heterocycles. The van der Waals surface area contributed by atoms with E-state index in [1.807, 2.05) is 37.3 Å². The largest absolute Gasteiger partial charge is 0.467 e. The van der Waals surface area contributed by atoms with Gasteiger partial charge in [-0.2, -0.15) is 5.10 Å². The predicted octanol–water partition coefficient (Wildman–Crippen LogP) is 7.34. The first-order valence-corrected chi connectivity index (χ1v) is 13.6. The molecule has 0 fully saturated rings. The monoisotopic (exact) mass is 633 g/mol. The number of hydrogen-bond donors (Lipinski definition) is 1. The molecule has 1 amide bonds. The Morgan fingerprint density at radius 1 is 1.03 bits per heavy atom. The van der Waals surface area contributed by atoms with Crippen molar-refractivity contribution in [2.75, 3.05) is 7.11 Å². The Balaban J connectivity index is 1.80. The third kappa shape index (κ3) is 6.24. The molecule has 0 saturated carbocycles. The minimum Gasteiger partial charge on any atom is -0.467 e. The molecule has 0 radical (unpaired) electrons. The van der Waals surface area contributed by atoms with Crippen LogP contribution in [0, 0.1) is 0 Å². The van der Waals surface area contributed by atoms with Gasteiger partial charge in [-0.15, -0.1) is 0 Å². The summed E-state index contributed by atoms with van der Waals surface area (Å²) in [7, 11) is 1.28. The third-order valence-corrected chi connectivity index (χ3v) is 7.23. The average Bonchev–Trinajstić information content (AvgIpc) is 3.27. The molecule has 10 heteroatoms. The van der Waals surface area contributed by atoms with E-state index in [1.165, 1.54) is 7.11 Å². The van der Waals surface area contributed by atoms with E-state index in [1.54, 1.807) is 41.1 Å². The van der Waals surface area contributed by atoms with Gasteiger partial charge in [-0.05, 0) is 54.4 Å². The Morgan fingerprint density at radius 3 is 2.37 bits per heavy atom. The number of nitrogens with zero attached hydrogens (tertiary/aromatic N) is 2. The first kappa shape index (κ1) is 28.2. The number of rotatable bonds is 8. The van der Waals surface area contributed by atoms with Crippen LogP contribution in [0.1, 0.15) is 28.5 Å². The van der Waals surface area contributed by atoms with Gasteiger partial charge in [0.2, 0.25) is 0 Å². The Kier molecular flexibility index (Phi) is 9.15. The summed E-state index contributed by atoms with van der Waals surface area (Å²) in [4.78, 5) is 26.3. The third-order valence-electron chi connectivity index (χ3n) is 5.93. The zero-order chi connectivity index (χ0) is 27.4. The molecule has 3 aromatic carbocycles. The van der Waals surface area contributed by atoms with Crippen molar-refractivity contribution in [3.8, 4) is 16.9 Å². The van der Waals surface area contributed by atoms with Crippen LogP contribution in [-0.2, 0) is 22.4 Å². The van der Waals surface area contributed by atoms with Gasteiger partial charge in [0.15, 0.2) is 5.69 Å². The van der Waals surface area contributed by atoms with Crippen LogP contribution in [0.5, 0.6) is 0 Å². The lowest BCUT2D eigenvalue weighted by molar-refractivity contribution is -0.142. The van der Waals surface area contributed by atoms with Crippen LogP contribution in [0.4, 0.5) is 0 Å². The molecule has 4 aromatic rings. The first-order valence-electron chi connectivity index (χ1n) is 11.7. The molecule has 0 aliphatic rings. The van der Waals surface area contributed by atoms with E-state index in [4.69, 9.17) is 44.6 Å². The standard InChI is InChI=1S/C28H23BrCl3N3O3/c1-3-21-25(27(36)33-23(28(37)38-2)14-16-5-4-6-19(30)13-16)34-35(24-12-11-20(31)15-22(24)32)26(21)17-7-9-18(29)10-8-17/h4-13,15,23H,3,14H2,1-2H3,(H,33,36)/t23-/m0/s1. The van der Waals surface area contributed by atoms with Gasteiger partial charge in [0.1, 0.15) is 6.04 Å². The molecule has 1 N–H and O–H groups in total. The SMILES string of the molecule is CCc1c(C(=O)N[C@@H](Cc2cccc(Cl)c2)C(=O)OC)nn(-c2ccc(Cl)cc2Cl)c1-c1ccc(Br)cc1. The highest BCUT2D eigenvalue weighted by Crippen LogP contribution is 2.34. The molecule has 1 aromatic heterocycles. The maximum atomic E-state index is 13.7. The molecule has 0 bridgehead atoms. The van der Waals surface area contributed by atoms with Crippen LogP contribution in [0.3, 0.4) is 0 Å². The summed E-state index contributed by atoms with van der Waals surface area (Å²) in [5.74, 6) is -1.09. The maximum absolute atomic E-state index is 13.7. The Morgan fingerprint density at radius 2 is 1.74 bits per heavy atom. The van der Waals surface area contributed by atoms with Crippen molar-refractivity contribution in [3.05, 3.63) is 103 Å². The van der Waals surface area contributed by atoms with Crippen molar-refractivity contribution >= 4 is 62.6 Å². The van der Waals surface area contributed by atoms with Gasteiger partial charge < -0.3 is 10.1 Å². The summed E-state index contributed by atoms with van der Waals surface area (Å²) in [6.45, 7) is 1.94. The number of hydrogen-bond acceptors (Lipinski definition) is 4. The molecule has 4 rings (SSSR count).